The van der Waals surface area contributed by atoms with Gasteiger partial charge in [0.2, 0.25) is 0 Å². The van der Waals surface area contributed by atoms with Crippen molar-refractivity contribution >= 4 is 34.6 Å². The lowest BCUT2D eigenvalue weighted by molar-refractivity contribution is 0.560. The Bertz CT molecular complexity index is 702. The third kappa shape index (κ3) is 4.51. The van der Waals surface area contributed by atoms with E-state index in [0.717, 1.165) is 27.0 Å². The predicted octanol–water partition coefficient (Wildman–Crippen LogP) is 8.18. The summed E-state index contributed by atoms with van der Waals surface area (Å²) in [4.78, 5) is 2.29. The Morgan fingerprint density at radius 1 is 0.760 bits per heavy atom. The minimum atomic E-state index is -0.106. The molecule has 0 saturated heterocycles. The lowest BCUT2D eigenvalue weighted by Crippen LogP contribution is -2.37. The van der Waals surface area contributed by atoms with Gasteiger partial charge in [-0.3, -0.25) is 0 Å². The van der Waals surface area contributed by atoms with Crippen molar-refractivity contribution in [3.8, 4) is 0 Å². The van der Waals surface area contributed by atoms with Crippen LogP contribution in [-0.4, -0.2) is 5.54 Å². The van der Waals surface area contributed by atoms with Crippen LogP contribution in [0.15, 0.2) is 36.4 Å². The number of anilines is 2. The van der Waals surface area contributed by atoms with Gasteiger partial charge >= 0.3 is 0 Å². The monoisotopic (exact) mass is 377 g/mol. The normalized spacial score (nSPS) is 12.1. The van der Waals surface area contributed by atoms with Gasteiger partial charge in [-0.05, 0) is 68.0 Å². The van der Waals surface area contributed by atoms with Crippen molar-refractivity contribution in [2.75, 3.05) is 4.90 Å². The second-order valence-electron chi connectivity index (χ2n) is 8.23. The molecule has 0 heterocycles. The first kappa shape index (κ1) is 20.1. The average molecular weight is 378 g/mol. The molecule has 0 radical (unpaired) electrons. The highest BCUT2D eigenvalue weighted by molar-refractivity contribution is 6.36. The molecule has 0 aliphatic rings. The van der Waals surface area contributed by atoms with Gasteiger partial charge in [-0.1, -0.05) is 63.0 Å². The van der Waals surface area contributed by atoms with Crippen LogP contribution in [-0.2, 0) is 0 Å². The topological polar surface area (TPSA) is 3.24 Å². The molecule has 0 aliphatic heterocycles. The van der Waals surface area contributed by atoms with Gasteiger partial charge in [0.15, 0.2) is 0 Å². The highest BCUT2D eigenvalue weighted by atomic mass is 35.5. The van der Waals surface area contributed by atoms with E-state index in [1.54, 1.807) is 0 Å². The molecular weight excluding hydrogens is 349 g/mol. The lowest BCUT2D eigenvalue weighted by Gasteiger charge is -2.38. The summed E-state index contributed by atoms with van der Waals surface area (Å²) >= 11 is 13.1. The summed E-state index contributed by atoms with van der Waals surface area (Å²) in [6, 6.07) is 12.8. The third-order valence-corrected chi connectivity index (χ3v) is 5.01. The fraction of sp³-hybridized carbons (Fsp3) is 0.455. The van der Waals surface area contributed by atoms with Crippen molar-refractivity contribution in [2.24, 2.45) is 0 Å². The Morgan fingerprint density at radius 3 is 1.60 bits per heavy atom. The first-order valence-electron chi connectivity index (χ1n) is 8.91. The summed E-state index contributed by atoms with van der Waals surface area (Å²) in [6.45, 7) is 15.2. The lowest BCUT2D eigenvalue weighted by atomic mass is 9.98. The summed E-state index contributed by atoms with van der Waals surface area (Å²) in [5.74, 6) is 0.814. The van der Waals surface area contributed by atoms with E-state index in [1.165, 1.54) is 5.56 Å². The van der Waals surface area contributed by atoms with Crippen molar-refractivity contribution in [3.05, 3.63) is 57.6 Å². The molecule has 2 aromatic rings. The van der Waals surface area contributed by atoms with E-state index in [0.29, 0.717) is 11.8 Å². The Hall–Kier alpha value is -1.18. The molecule has 2 aromatic carbocycles. The van der Waals surface area contributed by atoms with Crippen LogP contribution in [0, 0.1) is 0 Å². The van der Waals surface area contributed by atoms with Crippen LogP contribution in [0.4, 0.5) is 11.4 Å². The van der Waals surface area contributed by atoms with E-state index in [-0.39, 0.29) is 5.54 Å². The van der Waals surface area contributed by atoms with Gasteiger partial charge < -0.3 is 4.90 Å². The molecule has 0 aliphatic carbocycles. The highest BCUT2D eigenvalue weighted by Crippen LogP contribution is 2.40. The van der Waals surface area contributed by atoms with Crippen LogP contribution in [0.2, 0.25) is 10.0 Å². The third-order valence-electron chi connectivity index (χ3n) is 4.39. The summed E-state index contributed by atoms with van der Waals surface area (Å²) in [6.07, 6.45) is 0. The zero-order valence-corrected chi connectivity index (χ0v) is 17.8. The van der Waals surface area contributed by atoms with E-state index in [9.17, 15) is 0 Å². The van der Waals surface area contributed by atoms with E-state index < -0.39 is 0 Å². The number of rotatable bonds is 4. The molecule has 0 fully saturated rings. The van der Waals surface area contributed by atoms with Crippen molar-refractivity contribution in [2.45, 2.75) is 65.8 Å². The minimum absolute atomic E-state index is 0.106. The molecule has 0 bridgehead atoms. The molecule has 0 N–H and O–H groups in total. The smallest absolute Gasteiger partial charge is 0.0476 e. The largest absolute Gasteiger partial charge is 0.336 e. The molecule has 2 rings (SSSR count). The molecule has 3 heteroatoms. The molecule has 25 heavy (non-hydrogen) atoms. The van der Waals surface area contributed by atoms with Crippen LogP contribution in [0.25, 0.3) is 0 Å². The summed E-state index contributed by atoms with van der Waals surface area (Å²) < 4.78 is 0. The van der Waals surface area contributed by atoms with Crippen molar-refractivity contribution < 1.29 is 0 Å². The Kier molecular flexibility index (Phi) is 6.12. The number of hydrogen-bond acceptors (Lipinski definition) is 1. The highest BCUT2D eigenvalue weighted by Gasteiger charge is 2.25. The zero-order chi connectivity index (χ0) is 18.9. The van der Waals surface area contributed by atoms with Crippen LogP contribution in [0.1, 0.15) is 71.4 Å². The van der Waals surface area contributed by atoms with Crippen LogP contribution in [0.5, 0.6) is 0 Å². The van der Waals surface area contributed by atoms with Gasteiger partial charge in [0.1, 0.15) is 0 Å². The summed E-state index contributed by atoms with van der Waals surface area (Å²) in [5.41, 5.74) is 4.40. The van der Waals surface area contributed by atoms with Gasteiger partial charge in [0.05, 0.1) is 0 Å². The maximum Gasteiger partial charge on any atom is 0.0476 e. The number of benzene rings is 2. The molecular formula is C22H29Cl2N. The van der Waals surface area contributed by atoms with Gasteiger partial charge in [-0.25, -0.2) is 0 Å². The van der Waals surface area contributed by atoms with Crippen LogP contribution < -0.4 is 4.90 Å². The van der Waals surface area contributed by atoms with Crippen LogP contribution in [0.3, 0.4) is 0 Å². The molecule has 0 atom stereocenters. The Labute approximate surface area is 163 Å². The second kappa shape index (κ2) is 7.60. The molecule has 136 valence electrons. The standard InChI is InChI=1S/C22H29Cl2N/c1-14(2)16-8-10-17(11-9-16)25(22(5,6)7)18-12-19(23)21(15(3)4)20(24)13-18/h8-15H,1-7H3. The number of nitrogens with zero attached hydrogens (tertiary/aromatic N) is 1. The SMILES string of the molecule is CC(C)c1ccc(N(c2cc(Cl)c(C(C)C)c(Cl)c2)C(C)(C)C)cc1. The van der Waals surface area contributed by atoms with Crippen molar-refractivity contribution in [3.63, 3.8) is 0 Å². The van der Waals surface area contributed by atoms with Gasteiger partial charge in [-0.15, -0.1) is 0 Å². The van der Waals surface area contributed by atoms with Gasteiger partial charge in [0.25, 0.3) is 0 Å². The van der Waals surface area contributed by atoms with E-state index in [2.05, 4.69) is 77.6 Å². The fourth-order valence-corrected chi connectivity index (χ4v) is 4.10. The van der Waals surface area contributed by atoms with E-state index >= 15 is 0 Å². The van der Waals surface area contributed by atoms with Gasteiger partial charge in [-0.2, -0.15) is 0 Å². The summed E-state index contributed by atoms with van der Waals surface area (Å²) in [7, 11) is 0. The van der Waals surface area contributed by atoms with E-state index in [4.69, 9.17) is 23.2 Å². The molecule has 0 aromatic heterocycles. The van der Waals surface area contributed by atoms with Crippen molar-refractivity contribution in [1.82, 2.24) is 0 Å². The fourth-order valence-electron chi connectivity index (χ4n) is 3.18. The summed E-state index contributed by atoms with van der Waals surface area (Å²) in [5, 5.41) is 1.45. The van der Waals surface area contributed by atoms with Gasteiger partial charge in [0, 0.05) is 27.0 Å². The molecule has 0 saturated carbocycles. The second-order valence-corrected chi connectivity index (χ2v) is 9.04. The number of hydrogen-bond donors (Lipinski definition) is 0. The molecule has 1 nitrogen and oxygen atoms in total. The Morgan fingerprint density at radius 2 is 1.24 bits per heavy atom. The van der Waals surface area contributed by atoms with E-state index in [1.807, 2.05) is 12.1 Å². The number of halogens is 2. The first-order valence-corrected chi connectivity index (χ1v) is 9.67. The predicted molar refractivity (Wildman–Crippen MR) is 113 cm³/mol. The minimum Gasteiger partial charge on any atom is -0.336 e. The average Bonchev–Trinajstić information content (AvgIpc) is 2.45. The molecule has 0 amide bonds. The molecule has 0 unspecified atom stereocenters. The molecule has 0 spiro atoms. The maximum absolute atomic E-state index is 6.57. The maximum atomic E-state index is 6.57. The van der Waals surface area contributed by atoms with Crippen molar-refractivity contribution in [1.29, 1.82) is 0 Å². The van der Waals surface area contributed by atoms with Crippen LogP contribution >= 0.6 is 23.2 Å². The first-order chi connectivity index (χ1) is 11.5. The Balaban J connectivity index is 2.56. The quantitative estimate of drug-likeness (QED) is 0.518. The zero-order valence-electron chi connectivity index (χ0n) is 16.3.